The molecule has 0 atom stereocenters. The topological polar surface area (TPSA) is 30.7 Å². The summed E-state index contributed by atoms with van der Waals surface area (Å²) in [6.45, 7) is 0. The van der Waals surface area contributed by atoms with Crippen LogP contribution in [0.4, 0.5) is 0 Å². The zero-order chi connectivity index (χ0) is 25.1. The maximum Gasteiger partial charge on any atom is 0.138 e. The molecule has 0 aliphatic carbocycles. The fourth-order valence-corrected chi connectivity index (χ4v) is 6.66. The van der Waals surface area contributed by atoms with Crippen LogP contribution in [0.3, 0.4) is 0 Å². The van der Waals surface area contributed by atoms with E-state index in [1.807, 2.05) is 29.7 Å². The minimum absolute atomic E-state index is 0.890. The van der Waals surface area contributed by atoms with Crippen LogP contribution in [0.1, 0.15) is 0 Å². The van der Waals surface area contributed by atoms with Gasteiger partial charge in [0.1, 0.15) is 5.82 Å². The summed E-state index contributed by atoms with van der Waals surface area (Å²) in [6.07, 6.45) is 1.88. The van der Waals surface area contributed by atoms with E-state index in [-0.39, 0.29) is 0 Å². The molecule has 0 aliphatic rings. The lowest BCUT2D eigenvalue weighted by Crippen LogP contribution is -2.00. The molecule has 4 aromatic carbocycles. The normalized spacial score (nSPS) is 11.7. The summed E-state index contributed by atoms with van der Waals surface area (Å²) < 4.78 is 4.87. The third-order valence-electron chi connectivity index (χ3n) is 7.24. The summed E-state index contributed by atoms with van der Waals surface area (Å²) in [6, 6.07) is 42.7. The van der Waals surface area contributed by atoms with Gasteiger partial charge in [-0.05, 0) is 53.6 Å². The molecule has 8 rings (SSSR count). The fourth-order valence-electron chi connectivity index (χ4n) is 5.55. The number of hydrogen-bond donors (Lipinski definition) is 0. The largest absolute Gasteiger partial charge is 0.291 e. The van der Waals surface area contributed by atoms with Gasteiger partial charge in [-0.2, -0.15) is 0 Å². The molecule has 178 valence electrons. The summed E-state index contributed by atoms with van der Waals surface area (Å²) in [5.74, 6) is 0.890. The molecule has 0 spiro atoms. The highest BCUT2D eigenvalue weighted by Crippen LogP contribution is 2.42. The van der Waals surface area contributed by atoms with E-state index >= 15 is 0 Å². The number of aromatic nitrogens is 3. The maximum atomic E-state index is 5.28. The van der Waals surface area contributed by atoms with Crippen molar-refractivity contribution in [2.24, 2.45) is 0 Å². The Hall–Kier alpha value is -4.80. The highest BCUT2D eigenvalue weighted by atomic mass is 32.1. The minimum atomic E-state index is 0.890. The quantitative estimate of drug-likeness (QED) is 0.240. The molecule has 0 fully saturated rings. The first-order valence-corrected chi connectivity index (χ1v) is 13.5. The predicted octanol–water partition coefficient (Wildman–Crippen LogP) is 9.28. The SMILES string of the molecule is c1ccc(-c2cc(-c3ccccc3)nc(-n3c4cccnc4c4ccc5sc6ccccc6c5c43)c2)cc1. The van der Waals surface area contributed by atoms with Crippen molar-refractivity contribution in [1.29, 1.82) is 0 Å². The van der Waals surface area contributed by atoms with Crippen LogP contribution in [-0.4, -0.2) is 14.5 Å². The lowest BCUT2D eigenvalue weighted by molar-refractivity contribution is 1.09. The van der Waals surface area contributed by atoms with Crippen LogP contribution in [0.25, 0.3) is 70.3 Å². The molecule has 0 saturated heterocycles. The lowest BCUT2D eigenvalue weighted by Gasteiger charge is -2.13. The van der Waals surface area contributed by atoms with Gasteiger partial charge in [0.15, 0.2) is 0 Å². The van der Waals surface area contributed by atoms with Crippen molar-refractivity contribution >= 4 is 53.4 Å². The number of hydrogen-bond acceptors (Lipinski definition) is 3. The Morgan fingerprint density at radius 2 is 1.34 bits per heavy atom. The van der Waals surface area contributed by atoms with Gasteiger partial charge in [-0.15, -0.1) is 11.3 Å². The molecule has 4 aromatic heterocycles. The molecule has 0 unspecified atom stereocenters. The predicted molar refractivity (Wildman–Crippen MR) is 160 cm³/mol. The van der Waals surface area contributed by atoms with Gasteiger partial charge in [-0.3, -0.25) is 9.55 Å². The zero-order valence-corrected chi connectivity index (χ0v) is 21.2. The van der Waals surface area contributed by atoms with Crippen LogP contribution < -0.4 is 0 Å². The smallest absolute Gasteiger partial charge is 0.138 e. The van der Waals surface area contributed by atoms with Gasteiger partial charge < -0.3 is 0 Å². The molecular weight excluding hydrogens is 482 g/mol. The Morgan fingerprint density at radius 1 is 0.579 bits per heavy atom. The Bertz CT molecular complexity index is 2070. The molecule has 0 radical (unpaired) electrons. The summed E-state index contributed by atoms with van der Waals surface area (Å²) in [4.78, 5) is 10.1. The summed E-state index contributed by atoms with van der Waals surface area (Å²) in [7, 11) is 0. The summed E-state index contributed by atoms with van der Waals surface area (Å²) in [5.41, 5.74) is 7.55. The second-order valence-electron chi connectivity index (χ2n) is 9.47. The van der Waals surface area contributed by atoms with Crippen LogP contribution in [0.15, 0.2) is 128 Å². The van der Waals surface area contributed by atoms with Gasteiger partial charge in [-0.1, -0.05) is 78.9 Å². The first kappa shape index (κ1) is 21.3. The van der Waals surface area contributed by atoms with Crippen molar-refractivity contribution in [2.45, 2.75) is 0 Å². The number of benzene rings is 4. The fraction of sp³-hybridized carbons (Fsp3) is 0. The van der Waals surface area contributed by atoms with Crippen molar-refractivity contribution in [1.82, 2.24) is 14.5 Å². The molecule has 0 saturated carbocycles. The van der Waals surface area contributed by atoms with E-state index in [0.717, 1.165) is 44.6 Å². The van der Waals surface area contributed by atoms with E-state index in [9.17, 15) is 0 Å². The standard InChI is InChI=1S/C34H21N3S/c1-3-10-22(11-4-1)24-20-27(23-12-5-2-6-13-23)36-31(21-24)37-28-15-9-19-35-33(28)26-17-18-30-32(34(26)37)25-14-7-8-16-29(25)38-30/h1-21H. The molecule has 0 aliphatic heterocycles. The number of pyridine rings is 2. The first-order valence-electron chi connectivity index (χ1n) is 12.7. The Labute approximate surface area is 223 Å². The third-order valence-corrected chi connectivity index (χ3v) is 8.38. The van der Waals surface area contributed by atoms with Gasteiger partial charge in [0, 0.05) is 37.3 Å². The van der Waals surface area contributed by atoms with Crippen LogP contribution in [-0.2, 0) is 0 Å². The molecule has 3 nitrogen and oxygen atoms in total. The van der Waals surface area contributed by atoms with E-state index < -0.39 is 0 Å². The molecule has 0 N–H and O–H groups in total. The van der Waals surface area contributed by atoms with E-state index in [1.165, 1.54) is 25.7 Å². The molecule has 0 amide bonds. The van der Waals surface area contributed by atoms with Crippen LogP contribution in [0.2, 0.25) is 0 Å². The average Bonchev–Trinajstić information content (AvgIpc) is 3.53. The second-order valence-corrected chi connectivity index (χ2v) is 10.6. The second kappa shape index (κ2) is 8.37. The van der Waals surface area contributed by atoms with E-state index in [0.29, 0.717) is 0 Å². The lowest BCUT2D eigenvalue weighted by atomic mass is 10.0. The highest BCUT2D eigenvalue weighted by Gasteiger charge is 2.20. The van der Waals surface area contributed by atoms with Gasteiger partial charge >= 0.3 is 0 Å². The van der Waals surface area contributed by atoms with Crippen molar-refractivity contribution in [3.63, 3.8) is 0 Å². The molecule has 8 aromatic rings. The third kappa shape index (κ3) is 3.21. The van der Waals surface area contributed by atoms with E-state index in [1.54, 1.807) is 0 Å². The highest BCUT2D eigenvalue weighted by molar-refractivity contribution is 7.26. The Morgan fingerprint density at radius 3 is 2.18 bits per heavy atom. The van der Waals surface area contributed by atoms with Crippen molar-refractivity contribution in [2.75, 3.05) is 0 Å². The van der Waals surface area contributed by atoms with Crippen LogP contribution >= 0.6 is 11.3 Å². The number of fused-ring (bicyclic) bond motifs is 7. The molecular formula is C34H21N3S. The van der Waals surface area contributed by atoms with Gasteiger partial charge in [-0.25, -0.2) is 4.98 Å². The number of nitrogens with zero attached hydrogens (tertiary/aromatic N) is 3. The van der Waals surface area contributed by atoms with Gasteiger partial charge in [0.05, 0.1) is 22.2 Å². The summed E-state index contributed by atoms with van der Waals surface area (Å²) >= 11 is 1.84. The van der Waals surface area contributed by atoms with Gasteiger partial charge in [0.2, 0.25) is 0 Å². The minimum Gasteiger partial charge on any atom is -0.291 e. The van der Waals surface area contributed by atoms with Crippen molar-refractivity contribution < 1.29 is 0 Å². The van der Waals surface area contributed by atoms with Crippen molar-refractivity contribution in [3.8, 4) is 28.2 Å². The van der Waals surface area contributed by atoms with Gasteiger partial charge in [0.25, 0.3) is 0 Å². The monoisotopic (exact) mass is 503 g/mol. The number of thiophene rings is 1. The molecule has 0 bridgehead atoms. The maximum absolute atomic E-state index is 5.28. The van der Waals surface area contributed by atoms with Crippen LogP contribution in [0.5, 0.6) is 0 Å². The first-order chi connectivity index (χ1) is 18.8. The molecule has 38 heavy (non-hydrogen) atoms. The van der Waals surface area contributed by atoms with Crippen molar-refractivity contribution in [3.05, 3.63) is 128 Å². The van der Waals surface area contributed by atoms with E-state index in [2.05, 4.69) is 114 Å². The molecule has 4 heterocycles. The Balaban J connectivity index is 1.54. The average molecular weight is 504 g/mol. The zero-order valence-electron chi connectivity index (χ0n) is 20.4. The summed E-state index contributed by atoms with van der Waals surface area (Å²) in [5, 5.41) is 3.67. The number of rotatable bonds is 3. The molecule has 4 heteroatoms. The Kier molecular flexibility index (Phi) is 4.69. The van der Waals surface area contributed by atoms with Crippen LogP contribution in [0, 0.1) is 0 Å². The van der Waals surface area contributed by atoms with E-state index in [4.69, 9.17) is 9.97 Å².